The Morgan fingerprint density at radius 2 is 1.96 bits per heavy atom. The molecule has 2 aromatic heterocycles. The van der Waals surface area contributed by atoms with Gasteiger partial charge in [-0.05, 0) is 30.5 Å². The standard InChI is InChI=1S/C18H18N4O4S2/c1-24-12-5-10(6-13(7-12)25-2)9-27-18-21-20-17(28-18)19-16(23)14-8-15(26-22-14)11-3-4-11/h5-8,11H,3-4,9H2,1-2H3,(H,19,20,23). The summed E-state index contributed by atoms with van der Waals surface area (Å²) in [6.07, 6.45) is 2.18. The molecule has 146 valence electrons. The molecule has 1 amide bonds. The largest absolute Gasteiger partial charge is 0.497 e. The summed E-state index contributed by atoms with van der Waals surface area (Å²) in [5.41, 5.74) is 1.30. The number of carbonyl (C=O) groups excluding carboxylic acids is 1. The van der Waals surface area contributed by atoms with Crippen molar-refractivity contribution in [3.63, 3.8) is 0 Å². The van der Waals surface area contributed by atoms with Crippen LogP contribution in [0.3, 0.4) is 0 Å². The van der Waals surface area contributed by atoms with Crippen molar-refractivity contribution < 1.29 is 18.8 Å². The van der Waals surface area contributed by atoms with Crippen LogP contribution in [-0.4, -0.2) is 35.5 Å². The van der Waals surface area contributed by atoms with E-state index in [1.807, 2.05) is 18.2 Å². The van der Waals surface area contributed by atoms with Crippen LogP contribution in [0.2, 0.25) is 0 Å². The molecule has 0 saturated heterocycles. The maximum atomic E-state index is 12.3. The first-order chi connectivity index (χ1) is 13.6. The highest BCUT2D eigenvalue weighted by atomic mass is 32.2. The van der Waals surface area contributed by atoms with Crippen LogP contribution in [0.5, 0.6) is 11.5 Å². The van der Waals surface area contributed by atoms with Gasteiger partial charge in [-0.2, -0.15) is 0 Å². The molecule has 1 aromatic carbocycles. The molecule has 1 saturated carbocycles. The minimum Gasteiger partial charge on any atom is -0.497 e. The first kappa shape index (κ1) is 18.8. The fourth-order valence-electron chi connectivity index (χ4n) is 2.53. The van der Waals surface area contributed by atoms with Gasteiger partial charge in [0.05, 0.1) is 14.2 Å². The van der Waals surface area contributed by atoms with Crippen LogP contribution in [0.25, 0.3) is 0 Å². The summed E-state index contributed by atoms with van der Waals surface area (Å²) in [7, 11) is 3.24. The normalized spacial score (nSPS) is 13.4. The molecule has 0 unspecified atom stereocenters. The smallest absolute Gasteiger partial charge is 0.279 e. The average Bonchev–Trinajstić information content (AvgIpc) is 3.27. The second-order valence-corrected chi connectivity index (χ2v) is 8.43. The molecule has 2 heterocycles. The van der Waals surface area contributed by atoms with Crippen LogP contribution in [0, 0.1) is 0 Å². The molecular weight excluding hydrogens is 400 g/mol. The number of nitrogens with one attached hydrogen (secondary N) is 1. The number of hydrogen-bond acceptors (Lipinski definition) is 9. The molecule has 28 heavy (non-hydrogen) atoms. The average molecular weight is 419 g/mol. The van der Waals surface area contributed by atoms with E-state index in [1.165, 1.54) is 23.1 Å². The highest BCUT2D eigenvalue weighted by Gasteiger charge is 2.29. The number of thioether (sulfide) groups is 1. The highest BCUT2D eigenvalue weighted by Crippen LogP contribution is 2.40. The first-order valence-corrected chi connectivity index (χ1v) is 10.4. The van der Waals surface area contributed by atoms with Gasteiger partial charge in [0, 0.05) is 23.8 Å². The number of ether oxygens (including phenoxy) is 2. The van der Waals surface area contributed by atoms with Crippen molar-refractivity contribution in [2.75, 3.05) is 19.5 Å². The van der Waals surface area contributed by atoms with Crippen LogP contribution < -0.4 is 14.8 Å². The number of anilines is 1. The van der Waals surface area contributed by atoms with E-state index in [-0.39, 0.29) is 11.6 Å². The number of aromatic nitrogens is 3. The predicted molar refractivity (Wildman–Crippen MR) is 105 cm³/mol. The zero-order chi connectivity index (χ0) is 19.5. The van der Waals surface area contributed by atoms with E-state index in [2.05, 4.69) is 20.7 Å². The second-order valence-electron chi connectivity index (χ2n) is 6.23. The molecule has 0 spiro atoms. The summed E-state index contributed by atoms with van der Waals surface area (Å²) >= 11 is 2.83. The molecule has 1 aliphatic rings. The number of methoxy groups -OCH3 is 2. The summed E-state index contributed by atoms with van der Waals surface area (Å²) in [6, 6.07) is 7.41. The van der Waals surface area contributed by atoms with Crippen LogP contribution in [0.4, 0.5) is 5.13 Å². The number of rotatable bonds is 8. The van der Waals surface area contributed by atoms with E-state index in [9.17, 15) is 4.79 Å². The number of hydrogen-bond donors (Lipinski definition) is 1. The molecule has 8 nitrogen and oxygen atoms in total. The molecule has 0 atom stereocenters. The van der Waals surface area contributed by atoms with Crippen molar-refractivity contribution in [3.8, 4) is 11.5 Å². The molecule has 1 aliphatic carbocycles. The second kappa shape index (κ2) is 8.19. The van der Waals surface area contributed by atoms with Crippen molar-refractivity contribution in [1.29, 1.82) is 0 Å². The number of nitrogens with zero attached hydrogens (tertiary/aromatic N) is 3. The van der Waals surface area contributed by atoms with Crippen LogP contribution in [0.1, 0.15) is 40.6 Å². The van der Waals surface area contributed by atoms with Gasteiger partial charge in [0.2, 0.25) is 5.13 Å². The zero-order valence-electron chi connectivity index (χ0n) is 15.3. The van der Waals surface area contributed by atoms with Crippen molar-refractivity contribution in [1.82, 2.24) is 15.4 Å². The van der Waals surface area contributed by atoms with E-state index in [0.717, 1.165) is 40.0 Å². The third-order valence-corrected chi connectivity index (χ3v) is 6.18. The van der Waals surface area contributed by atoms with E-state index in [4.69, 9.17) is 14.0 Å². The maximum absolute atomic E-state index is 12.3. The minimum atomic E-state index is -0.346. The van der Waals surface area contributed by atoms with Gasteiger partial charge in [-0.1, -0.05) is 28.3 Å². The lowest BCUT2D eigenvalue weighted by atomic mass is 10.2. The Morgan fingerprint density at radius 1 is 1.21 bits per heavy atom. The van der Waals surface area contributed by atoms with Crippen LogP contribution in [0.15, 0.2) is 33.1 Å². The molecule has 1 fully saturated rings. The van der Waals surface area contributed by atoms with Crippen LogP contribution >= 0.6 is 23.1 Å². The Hall–Kier alpha value is -2.59. The van der Waals surface area contributed by atoms with Crippen molar-refractivity contribution in [2.45, 2.75) is 28.9 Å². The third-order valence-electron chi connectivity index (χ3n) is 4.14. The summed E-state index contributed by atoms with van der Waals surface area (Å²) < 4.78 is 16.5. The van der Waals surface area contributed by atoms with Crippen molar-refractivity contribution in [2.24, 2.45) is 0 Å². The maximum Gasteiger partial charge on any atom is 0.279 e. The monoisotopic (exact) mass is 418 g/mol. The van der Waals surface area contributed by atoms with Gasteiger partial charge in [0.1, 0.15) is 17.3 Å². The lowest BCUT2D eigenvalue weighted by Crippen LogP contribution is -2.11. The molecule has 0 aliphatic heterocycles. The van der Waals surface area contributed by atoms with E-state index in [0.29, 0.717) is 16.8 Å². The minimum absolute atomic E-state index is 0.259. The Labute approximate surface area is 169 Å². The van der Waals surface area contributed by atoms with Gasteiger partial charge in [-0.3, -0.25) is 10.1 Å². The highest BCUT2D eigenvalue weighted by molar-refractivity contribution is 8.00. The van der Waals surface area contributed by atoms with Gasteiger partial charge in [0.25, 0.3) is 5.91 Å². The summed E-state index contributed by atoms with van der Waals surface area (Å²) in [5, 5.41) is 15.1. The van der Waals surface area contributed by atoms with Gasteiger partial charge >= 0.3 is 0 Å². The molecule has 0 bridgehead atoms. The molecular formula is C18H18N4O4S2. The van der Waals surface area contributed by atoms with E-state index < -0.39 is 0 Å². The molecule has 10 heteroatoms. The zero-order valence-corrected chi connectivity index (χ0v) is 16.9. The summed E-state index contributed by atoms with van der Waals surface area (Å²) in [4.78, 5) is 12.3. The third kappa shape index (κ3) is 4.45. The van der Waals surface area contributed by atoms with Gasteiger partial charge in [-0.15, -0.1) is 10.2 Å². The summed E-state index contributed by atoms with van der Waals surface area (Å²) in [6.45, 7) is 0. The fourth-order valence-corrected chi connectivity index (χ4v) is 4.21. The van der Waals surface area contributed by atoms with Gasteiger partial charge in [-0.25, -0.2) is 0 Å². The van der Waals surface area contributed by atoms with Crippen molar-refractivity contribution in [3.05, 3.63) is 41.3 Å². The quantitative estimate of drug-likeness (QED) is 0.433. The number of benzene rings is 1. The Kier molecular flexibility index (Phi) is 5.49. The SMILES string of the molecule is COc1cc(CSc2nnc(NC(=O)c3cc(C4CC4)on3)s2)cc(OC)c1. The Bertz CT molecular complexity index is 961. The Balaban J connectivity index is 1.35. The van der Waals surface area contributed by atoms with Crippen molar-refractivity contribution >= 4 is 34.1 Å². The topological polar surface area (TPSA) is 99.4 Å². The fraction of sp³-hybridized carbons (Fsp3) is 0.333. The first-order valence-electron chi connectivity index (χ1n) is 8.61. The molecule has 3 aromatic rings. The van der Waals surface area contributed by atoms with Gasteiger partial charge < -0.3 is 14.0 Å². The lowest BCUT2D eigenvalue weighted by Gasteiger charge is -2.07. The predicted octanol–water partition coefficient (Wildman–Crippen LogP) is 3.97. The lowest BCUT2D eigenvalue weighted by molar-refractivity contribution is 0.101. The number of amides is 1. The molecule has 1 N–H and O–H groups in total. The number of carbonyl (C=O) groups is 1. The molecule has 4 rings (SSSR count). The van der Waals surface area contributed by atoms with E-state index in [1.54, 1.807) is 20.3 Å². The Morgan fingerprint density at radius 3 is 2.64 bits per heavy atom. The van der Waals surface area contributed by atoms with Gasteiger partial charge in [0.15, 0.2) is 10.0 Å². The molecule has 0 radical (unpaired) electrons. The van der Waals surface area contributed by atoms with E-state index >= 15 is 0 Å². The summed E-state index contributed by atoms with van der Waals surface area (Å²) in [5.74, 6) is 2.98. The van der Waals surface area contributed by atoms with Crippen LogP contribution in [-0.2, 0) is 5.75 Å².